The third kappa shape index (κ3) is 2.98. The van der Waals surface area contributed by atoms with Crippen LogP contribution in [0.25, 0.3) is 0 Å². The van der Waals surface area contributed by atoms with Crippen molar-refractivity contribution in [3.63, 3.8) is 0 Å². The summed E-state index contributed by atoms with van der Waals surface area (Å²) in [5.41, 5.74) is 5.23. The van der Waals surface area contributed by atoms with E-state index in [9.17, 15) is 4.79 Å². The summed E-state index contributed by atoms with van der Waals surface area (Å²) in [5, 5.41) is 3.41. The van der Waals surface area contributed by atoms with Gasteiger partial charge in [0.05, 0.1) is 0 Å². The Hall–Kier alpha value is -0.570. The van der Waals surface area contributed by atoms with Crippen LogP contribution in [0.1, 0.15) is 33.1 Å². The number of nitrogens with one attached hydrogen (secondary N) is 1. The average molecular weight is 198 g/mol. The predicted octanol–water partition coefficient (Wildman–Crippen LogP) is 1.13. The molecule has 1 rings (SSSR count). The maximum Gasteiger partial charge on any atom is 0.220 e. The summed E-state index contributed by atoms with van der Waals surface area (Å²) in [4.78, 5) is 10.9. The molecule has 0 spiro atoms. The molecule has 0 aromatic carbocycles. The quantitative estimate of drug-likeness (QED) is 0.696. The van der Waals surface area contributed by atoms with Crippen molar-refractivity contribution in [3.8, 4) is 0 Å². The van der Waals surface area contributed by atoms with Gasteiger partial charge in [0, 0.05) is 5.92 Å². The third-order valence-electron chi connectivity index (χ3n) is 3.46. The molecule has 1 aliphatic rings. The van der Waals surface area contributed by atoms with Crippen LogP contribution in [0.15, 0.2) is 0 Å². The van der Waals surface area contributed by atoms with E-state index in [1.807, 2.05) is 6.92 Å². The van der Waals surface area contributed by atoms with Gasteiger partial charge in [-0.3, -0.25) is 4.79 Å². The van der Waals surface area contributed by atoms with Gasteiger partial charge in [-0.15, -0.1) is 0 Å². The first-order chi connectivity index (χ1) is 6.65. The van der Waals surface area contributed by atoms with Crippen LogP contribution in [0, 0.1) is 17.8 Å². The minimum absolute atomic E-state index is 0.0353. The van der Waals surface area contributed by atoms with Crippen molar-refractivity contribution < 1.29 is 4.79 Å². The summed E-state index contributed by atoms with van der Waals surface area (Å²) in [6.07, 6.45) is 3.32. The monoisotopic (exact) mass is 198 g/mol. The summed E-state index contributed by atoms with van der Waals surface area (Å²) in [6, 6.07) is 0. The number of rotatable bonds is 5. The topological polar surface area (TPSA) is 55.1 Å². The fourth-order valence-corrected chi connectivity index (χ4v) is 2.21. The lowest BCUT2D eigenvalue weighted by Crippen LogP contribution is -2.22. The lowest BCUT2D eigenvalue weighted by molar-refractivity contribution is -0.121. The van der Waals surface area contributed by atoms with Crippen molar-refractivity contribution in [2.75, 3.05) is 13.1 Å². The van der Waals surface area contributed by atoms with Gasteiger partial charge >= 0.3 is 0 Å². The molecule has 3 nitrogen and oxygen atoms in total. The van der Waals surface area contributed by atoms with E-state index in [1.54, 1.807) is 0 Å². The van der Waals surface area contributed by atoms with Crippen molar-refractivity contribution in [2.24, 2.45) is 23.5 Å². The van der Waals surface area contributed by atoms with E-state index in [0.717, 1.165) is 37.8 Å². The van der Waals surface area contributed by atoms with Gasteiger partial charge in [0.25, 0.3) is 0 Å². The van der Waals surface area contributed by atoms with Crippen molar-refractivity contribution in [1.82, 2.24) is 5.32 Å². The standard InChI is InChI=1S/C11H22N2O/c1-3-9-6-13-7-10(9)5-4-8(2)11(12)14/h8-10,13H,3-7H2,1-2H3,(H2,12,14). The SMILES string of the molecule is CCC1CNCC1CCC(C)C(N)=O. The number of amides is 1. The molecule has 0 aromatic heterocycles. The van der Waals surface area contributed by atoms with Gasteiger partial charge < -0.3 is 11.1 Å². The van der Waals surface area contributed by atoms with Crippen LogP contribution >= 0.6 is 0 Å². The number of carbonyl (C=O) groups excluding carboxylic acids is 1. The lowest BCUT2D eigenvalue weighted by Gasteiger charge is -2.17. The van der Waals surface area contributed by atoms with E-state index in [-0.39, 0.29) is 11.8 Å². The molecular weight excluding hydrogens is 176 g/mol. The molecule has 0 aromatic rings. The summed E-state index contributed by atoms with van der Waals surface area (Å²) >= 11 is 0. The molecule has 1 aliphatic heterocycles. The molecule has 0 saturated carbocycles. The molecule has 1 amide bonds. The van der Waals surface area contributed by atoms with Gasteiger partial charge in [0.15, 0.2) is 0 Å². The Kier molecular flexibility index (Phi) is 4.39. The Morgan fingerprint density at radius 1 is 1.50 bits per heavy atom. The van der Waals surface area contributed by atoms with Crippen LogP contribution < -0.4 is 11.1 Å². The highest BCUT2D eigenvalue weighted by Gasteiger charge is 2.25. The summed E-state index contributed by atoms with van der Waals surface area (Å²) in [7, 11) is 0. The Bertz CT molecular complexity index is 194. The van der Waals surface area contributed by atoms with E-state index in [0.29, 0.717) is 0 Å². The molecule has 3 N–H and O–H groups in total. The maximum absolute atomic E-state index is 10.9. The van der Waals surface area contributed by atoms with Crippen LogP contribution in [-0.4, -0.2) is 19.0 Å². The molecule has 1 fully saturated rings. The van der Waals surface area contributed by atoms with Crippen LogP contribution in [0.5, 0.6) is 0 Å². The number of primary amides is 1. The number of carbonyl (C=O) groups is 1. The number of hydrogen-bond acceptors (Lipinski definition) is 2. The van der Waals surface area contributed by atoms with Crippen molar-refractivity contribution in [2.45, 2.75) is 33.1 Å². The number of nitrogens with two attached hydrogens (primary N) is 1. The Balaban J connectivity index is 2.26. The Morgan fingerprint density at radius 3 is 2.71 bits per heavy atom. The second kappa shape index (κ2) is 5.35. The van der Waals surface area contributed by atoms with E-state index in [1.165, 1.54) is 6.42 Å². The van der Waals surface area contributed by atoms with E-state index < -0.39 is 0 Å². The van der Waals surface area contributed by atoms with Crippen LogP contribution in [0.3, 0.4) is 0 Å². The summed E-state index contributed by atoms with van der Waals surface area (Å²) < 4.78 is 0. The second-order valence-corrected chi connectivity index (χ2v) is 4.47. The minimum atomic E-state index is -0.163. The smallest absolute Gasteiger partial charge is 0.220 e. The fourth-order valence-electron chi connectivity index (χ4n) is 2.21. The van der Waals surface area contributed by atoms with Crippen LogP contribution in [0.2, 0.25) is 0 Å². The third-order valence-corrected chi connectivity index (χ3v) is 3.46. The van der Waals surface area contributed by atoms with Gasteiger partial charge in [0.1, 0.15) is 0 Å². The van der Waals surface area contributed by atoms with Crippen molar-refractivity contribution >= 4 is 5.91 Å². The molecule has 3 atom stereocenters. The molecule has 1 saturated heterocycles. The first-order valence-electron chi connectivity index (χ1n) is 5.65. The molecule has 14 heavy (non-hydrogen) atoms. The zero-order valence-corrected chi connectivity index (χ0v) is 9.25. The largest absolute Gasteiger partial charge is 0.369 e. The van der Waals surface area contributed by atoms with E-state index in [4.69, 9.17) is 5.73 Å². The summed E-state index contributed by atoms with van der Waals surface area (Å²) in [5.74, 6) is 1.42. The molecule has 0 radical (unpaired) electrons. The second-order valence-electron chi connectivity index (χ2n) is 4.47. The first kappa shape index (κ1) is 11.5. The zero-order valence-electron chi connectivity index (χ0n) is 9.25. The predicted molar refractivity (Wildman–Crippen MR) is 57.7 cm³/mol. The van der Waals surface area contributed by atoms with Crippen LogP contribution in [0.4, 0.5) is 0 Å². The van der Waals surface area contributed by atoms with Gasteiger partial charge in [-0.1, -0.05) is 20.3 Å². The normalized spacial score (nSPS) is 29.0. The molecular formula is C11H22N2O. The fraction of sp³-hybridized carbons (Fsp3) is 0.909. The zero-order chi connectivity index (χ0) is 10.6. The van der Waals surface area contributed by atoms with E-state index in [2.05, 4.69) is 12.2 Å². The summed E-state index contributed by atoms with van der Waals surface area (Å²) in [6.45, 7) is 6.42. The van der Waals surface area contributed by atoms with Crippen LogP contribution in [-0.2, 0) is 4.79 Å². The number of hydrogen-bond donors (Lipinski definition) is 2. The highest BCUT2D eigenvalue weighted by molar-refractivity contribution is 5.76. The highest BCUT2D eigenvalue weighted by Crippen LogP contribution is 2.25. The lowest BCUT2D eigenvalue weighted by atomic mass is 9.87. The van der Waals surface area contributed by atoms with Gasteiger partial charge in [-0.05, 0) is 37.8 Å². The molecule has 3 unspecified atom stereocenters. The Morgan fingerprint density at radius 2 is 2.14 bits per heavy atom. The average Bonchev–Trinajstić information content (AvgIpc) is 2.60. The molecule has 3 heteroatoms. The molecule has 82 valence electrons. The van der Waals surface area contributed by atoms with Crippen molar-refractivity contribution in [3.05, 3.63) is 0 Å². The maximum atomic E-state index is 10.9. The van der Waals surface area contributed by atoms with Gasteiger partial charge in [-0.25, -0.2) is 0 Å². The van der Waals surface area contributed by atoms with Crippen molar-refractivity contribution in [1.29, 1.82) is 0 Å². The highest BCUT2D eigenvalue weighted by atomic mass is 16.1. The molecule has 1 heterocycles. The minimum Gasteiger partial charge on any atom is -0.369 e. The van der Waals surface area contributed by atoms with Gasteiger partial charge in [-0.2, -0.15) is 0 Å². The molecule has 0 aliphatic carbocycles. The van der Waals surface area contributed by atoms with Gasteiger partial charge in [0.2, 0.25) is 5.91 Å². The molecule has 0 bridgehead atoms. The van der Waals surface area contributed by atoms with E-state index >= 15 is 0 Å². The Labute approximate surface area is 86.4 Å². The first-order valence-corrected chi connectivity index (χ1v) is 5.65.